The minimum Gasteiger partial charge on any atom is -0.383 e. The summed E-state index contributed by atoms with van der Waals surface area (Å²) < 4.78 is 30.0. The highest BCUT2D eigenvalue weighted by molar-refractivity contribution is 5.65. The van der Waals surface area contributed by atoms with Crippen LogP contribution in [0.2, 0.25) is 0 Å². The van der Waals surface area contributed by atoms with Crippen molar-refractivity contribution in [1.82, 2.24) is 0 Å². The third kappa shape index (κ3) is 4.13. The van der Waals surface area contributed by atoms with E-state index in [-0.39, 0.29) is 30.1 Å². The lowest BCUT2D eigenvalue weighted by atomic mass is 10.1. The van der Waals surface area contributed by atoms with Gasteiger partial charge in [-0.15, -0.1) is 0 Å². The molecule has 0 aliphatic carbocycles. The molecule has 0 saturated heterocycles. The van der Waals surface area contributed by atoms with Gasteiger partial charge in [0.25, 0.3) is 12.1 Å². The van der Waals surface area contributed by atoms with Gasteiger partial charge in [0.05, 0.1) is 29.7 Å². The number of nitro benzene ring substituents is 1. The van der Waals surface area contributed by atoms with Crippen LogP contribution in [0.15, 0.2) is 18.2 Å². The van der Waals surface area contributed by atoms with Gasteiger partial charge in [-0.2, -0.15) is 5.26 Å². The molecule has 0 aliphatic rings. The molecule has 0 N–H and O–H groups in total. The summed E-state index contributed by atoms with van der Waals surface area (Å²) in [5.41, 5.74) is -0.226. The van der Waals surface area contributed by atoms with Gasteiger partial charge in [-0.05, 0) is 12.1 Å². The highest BCUT2D eigenvalue weighted by Gasteiger charge is 2.22. The number of rotatable bonds is 7. The summed E-state index contributed by atoms with van der Waals surface area (Å²) in [6.45, 7) is -0.395. The fourth-order valence-electron chi connectivity index (χ4n) is 1.68. The molecule has 1 rings (SSSR count). The van der Waals surface area contributed by atoms with Crippen LogP contribution in [-0.4, -0.2) is 38.2 Å². The molecule has 0 heterocycles. The molecule has 0 spiro atoms. The molecule has 6 nitrogen and oxygen atoms in total. The van der Waals surface area contributed by atoms with Crippen molar-refractivity contribution in [3.05, 3.63) is 33.9 Å². The molecular formula is C12H13F2N3O3. The molecule has 0 amide bonds. The Hall–Kier alpha value is -2.27. The number of alkyl halides is 2. The van der Waals surface area contributed by atoms with Crippen LogP contribution in [0.25, 0.3) is 0 Å². The fourth-order valence-corrected chi connectivity index (χ4v) is 1.68. The van der Waals surface area contributed by atoms with Crippen LogP contribution in [0, 0.1) is 21.4 Å². The second-order valence-corrected chi connectivity index (χ2v) is 3.90. The van der Waals surface area contributed by atoms with Crippen LogP contribution in [0.1, 0.15) is 5.56 Å². The van der Waals surface area contributed by atoms with Gasteiger partial charge in [0.15, 0.2) is 0 Å². The topological polar surface area (TPSA) is 79.4 Å². The number of nitro groups is 1. The minimum absolute atomic E-state index is 0.0475. The first-order valence-electron chi connectivity index (χ1n) is 5.70. The van der Waals surface area contributed by atoms with Gasteiger partial charge in [0.2, 0.25) is 0 Å². The molecule has 1 aromatic rings. The van der Waals surface area contributed by atoms with E-state index in [0.29, 0.717) is 0 Å². The van der Waals surface area contributed by atoms with Crippen LogP contribution in [0.4, 0.5) is 20.2 Å². The van der Waals surface area contributed by atoms with Crippen LogP contribution >= 0.6 is 0 Å². The molecular weight excluding hydrogens is 272 g/mol. The molecule has 0 aromatic heterocycles. The molecule has 108 valence electrons. The third-order valence-electron chi connectivity index (χ3n) is 2.57. The minimum atomic E-state index is -2.64. The first kappa shape index (κ1) is 15.8. The second-order valence-electron chi connectivity index (χ2n) is 3.90. The number of methoxy groups -OCH3 is 1. The molecule has 0 unspecified atom stereocenters. The van der Waals surface area contributed by atoms with Crippen molar-refractivity contribution in [2.24, 2.45) is 0 Å². The summed E-state index contributed by atoms with van der Waals surface area (Å²) in [4.78, 5) is 11.5. The van der Waals surface area contributed by atoms with Gasteiger partial charge in [0, 0.05) is 19.7 Å². The van der Waals surface area contributed by atoms with Crippen LogP contribution in [-0.2, 0) is 4.74 Å². The molecule has 0 aliphatic heterocycles. The number of nitrogens with zero attached hydrogens (tertiary/aromatic N) is 3. The second kappa shape index (κ2) is 7.35. The van der Waals surface area contributed by atoms with Crippen molar-refractivity contribution >= 4 is 11.4 Å². The number of hydrogen-bond donors (Lipinski definition) is 0. The number of hydrogen-bond acceptors (Lipinski definition) is 5. The maximum atomic E-state index is 12.6. The van der Waals surface area contributed by atoms with Crippen molar-refractivity contribution in [1.29, 1.82) is 5.26 Å². The average Bonchev–Trinajstić information content (AvgIpc) is 2.42. The van der Waals surface area contributed by atoms with Crippen LogP contribution in [0.5, 0.6) is 0 Å². The molecule has 0 atom stereocenters. The van der Waals surface area contributed by atoms with Crippen molar-refractivity contribution in [3.8, 4) is 6.07 Å². The van der Waals surface area contributed by atoms with Gasteiger partial charge < -0.3 is 9.64 Å². The van der Waals surface area contributed by atoms with E-state index in [1.54, 1.807) is 6.07 Å². The van der Waals surface area contributed by atoms with Crippen molar-refractivity contribution in [2.45, 2.75) is 6.43 Å². The highest BCUT2D eigenvalue weighted by atomic mass is 19.3. The summed E-state index contributed by atoms with van der Waals surface area (Å²) in [5, 5.41) is 19.7. The first-order valence-corrected chi connectivity index (χ1v) is 5.70. The number of nitriles is 1. The average molecular weight is 285 g/mol. The smallest absolute Gasteiger partial charge is 0.293 e. The van der Waals surface area contributed by atoms with Crippen LogP contribution < -0.4 is 4.90 Å². The van der Waals surface area contributed by atoms with Gasteiger partial charge in [0.1, 0.15) is 5.69 Å². The Bertz CT molecular complexity index is 517. The Morgan fingerprint density at radius 3 is 2.75 bits per heavy atom. The maximum absolute atomic E-state index is 12.6. The molecule has 0 fully saturated rings. The van der Waals surface area contributed by atoms with Gasteiger partial charge in [-0.3, -0.25) is 10.1 Å². The predicted octanol–water partition coefficient (Wildman–Crippen LogP) is 2.18. The fraction of sp³-hybridized carbons (Fsp3) is 0.417. The lowest BCUT2D eigenvalue weighted by Gasteiger charge is -2.23. The summed E-state index contributed by atoms with van der Waals surface area (Å²) >= 11 is 0. The van der Waals surface area contributed by atoms with Crippen molar-refractivity contribution < 1.29 is 18.4 Å². The quantitative estimate of drug-likeness (QED) is 0.566. The van der Waals surface area contributed by atoms with Crippen molar-refractivity contribution in [3.63, 3.8) is 0 Å². The number of anilines is 1. The van der Waals surface area contributed by atoms with Gasteiger partial charge >= 0.3 is 0 Å². The highest BCUT2D eigenvalue weighted by Crippen LogP contribution is 2.29. The first-order chi connectivity index (χ1) is 9.49. The molecule has 1 aromatic carbocycles. The van der Waals surface area contributed by atoms with E-state index in [4.69, 9.17) is 10.00 Å². The van der Waals surface area contributed by atoms with E-state index in [0.717, 1.165) is 6.07 Å². The monoisotopic (exact) mass is 285 g/mol. The number of benzene rings is 1. The standard InChI is InChI=1S/C12H13F2N3O3/c1-20-5-4-16(8-12(13)14)10-3-2-9(7-15)6-11(10)17(18)19/h2-3,6,12H,4-5,8H2,1H3. The summed E-state index contributed by atoms with van der Waals surface area (Å²) in [5.74, 6) is 0. The Labute approximate surface area is 114 Å². The predicted molar refractivity (Wildman–Crippen MR) is 67.9 cm³/mol. The van der Waals surface area contributed by atoms with E-state index in [1.165, 1.54) is 24.1 Å². The zero-order valence-corrected chi connectivity index (χ0v) is 10.8. The zero-order valence-electron chi connectivity index (χ0n) is 10.8. The Balaban J connectivity index is 3.17. The van der Waals surface area contributed by atoms with Crippen molar-refractivity contribution in [2.75, 3.05) is 31.7 Å². The Kier molecular flexibility index (Phi) is 5.80. The molecule has 0 bridgehead atoms. The Morgan fingerprint density at radius 1 is 1.55 bits per heavy atom. The summed E-state index contributed by atoms with van der Waals surface area (Å²) in [7, 11) is 1.41. The molecule has 0 radical (unpaired) electrons. The summed E-state index contributed by atoms with van der Waals surface area (Å²) in [6, 6.07) is 5.50. The largest absolute Gasteiger partial charge is 0.383 e. The lowest BCUT2D eigenvalue weighted by Crippen LogP contribution is -2.32. The normalized spacial score (nSPS) is 10.3. The van der Waals surface area contributed by atoms with E-state index >= 15 is 0 Å². The molecule has 8 heteroatoms. The molecule has 0 saturated carbocycles. The third-order valence-corrected chi connectivity index (χ3v) is 2.57. The zero-order chi connectivity index (χ0) is 15.1. The van der Waals surface area contributed by atoms with Crippen LogP contribution in [0.3, 0.4) is 0 Å². The Morgan fingerprint density at radius 2 is 2.25 bits per heavy atom. The van der Waals surface area contributed by atoms with Gasteiger partial charge in [-0.25, -0.2) is 8.78 Å². The molecule has 20 heavy (non-hydrogen) atoms. The summed E-state index contributed by atoms with van der Waals surface area (Å²) in [6.07, 6.45) is -2.64. The van der Waals surface area contributed by atoms with E-state index in [9.17, 15) is 18.9 Å². The SMILES string of the molecule is COCCN(CC(F)F)c1ccc(C#N)cc1[N+](=O)[O-]. The lowest BCUT2D eigenvalue weighted by molar-refractivity contribution is -0.384. The number of ether oxygens (including phenoxy) is 1. The maximum Gasteiger partial charge on any atom is 0.293 e. The van der Waals surface area contributed by atoms with Gasteiger partial charge in [-0.1, -0.05) is 0 Å². The number of halogens is 2. The van der Waals surface area contributed by atoms with E-state index < -0.39 is 17.9 Å². The van der Waals surface area contributed by atoms with E-state index in [2.05, 4.69) is 0 Å². The van der Waals surface area contributed by atoms with E-state index in [1.807, 2.05) is 0 Å².